The molecule has 0 aliphatic carbocycles. The van der Waals surface area contributed by atoms with E-state index in [9.17, 15) is 26.7 Å². The van der Waals surface area contributed by atoms with Crippen molar-refractivity contribution in [3.05, 3.63) is 71.4 Å². The van der Waals surface area contributed by atoms with Gasteiger partial charge in [0.15, 0.2) is 5.69 Å². The number of benzene rings is 2. The standard InChI is InChI=1S/C22H17F5N6O2/c1-11(28)19(34)29-10-12-3-2-4-14(7-12)33-17(9-18(32-33)22(25,26)27)21-31-30-20(35-21)15-8-13(23)5-6-16(15)24/h2-9,11H,10,28H2,1H3,(H,29,34)/t11-/m0/s1. The normalized spacial score (nSPS) is 12.5. The summed E-state index contributed by atoms with van der Waals surface area (Å²) in [5, 5.41) is 13.6. The molecule has 0 aliphatic rings. The predicted molar refractivity (Wildman–Crippen MR) is 113 cm³/mol. The summed E-state index contributed by atoms with van der Waals surface area (Å²) in [6, 6.07) is 8.73. The molecule has 2 heterocycles. The number of hydrogen-bond donors (Lipinski definition) is 2. The van der Waals surface area contributed by atoms with E-state index >= 15 is 0 Å². The van der Waals surface area contributed by atoms with E-state index in [1.54, 1.807) is 12.1 Å². The summed E-state index contributed by atoms with van der Waals surface area (Å²) in [5.41, 5.74) is 4.44. The molecule has 1 amide bonds. The molecule has 8 nitrogen and oxygen atoms in total. The first kappa shape index (κ1) is 24.0. The Morgan fingerprint density at radius 2 is 1.86 bits per heavy atom. The van der Waals surface area contributed by atoms with E-state index < -0.39 is 47.2 Å². The molecule has 1 atom stereocenters. The minimum atomic E-state index is -4.79. The zero-order valence-corrected chi connectivity index (χ0v) is 18.0. The van der Waals surface area contributed by atoms with Gasteiger partial charge in [0.05, 0.1) is 17.3 Å². The van der Waals surface area contributed by atoms with Gasteiger partial charge in [0, 0.05) is 12.6 Å². The lowest BCUT2D eigenvalue weighted by atomic mass is 10.2. The van der Waals surface area contributed by atoms with Crippen molar-refractivity contribution in [2.24, 2.45) is 5.73 Å². The molecule has 0 bridgehead atoms. The summed E-state index contributed by atoms with van der Waals surface area (Å²) in [5.74, 6) is -2.85. The fraction of sp³-hybridized carbons (Fsp3) is 0.182. The lowest BCUT2D eigenvalue weighted by molar-refractivity contribution is -0.141. The molecule has 13 heteroatoms. The van der Waals surface area contributed by atoms with Gasteiger partial charge in [0.25, 0.3) is 11.8 Å². The van der Waals surface area contributed by atoms with Crippen LogP contribution in [0.5, 0.6) is 0 Å². The van der Waals surface area contributed by atoms with Gasteiger partial charge in [-0.15, -0.1) is 10.2 Å². The number of hydrogen-bond acceptors (Lipinski definition) is 6. The molecule has 0 saturated heterocycles. The summed E-state index contributed by atoms with van der Waals surface area (Å²) in [6.45, 7) is 1.58. The van der Waals surface area contributed by atoms with E-state index in [0.29, 0.717) is 11.6 Å². The highest BCUT2D eigenvalue weighted by Crippen LogP contribution is 2.34. The van der Waals surface area contributed by atoms with Crippen molar-refractivity contribution in [1.29, 1.82) is 0 Å². The predicted octanol–water partition coefficient (Wildman–Crippen LogP) is 3.85. The number of aromatic nitrogens is 4. The van der Waals surface area contributed by atoms with Crippen LogP contribution in [-0.4, -0.2) is 31.9 Å². The van der Waals surface area contributed by atoms with Crippen molar-refractivity contribution in [3.8, 4) is 28.7 Å². The fourth-order valence-corrected chi connectivity index (χ4v) is 3.11. The second-order valence-corrected chi connectivity index (χ2v) is 7.54. The monoisotopic (exact) mass is 492 g/mol. The van der Waals surface area contributed by atoms with Gasteiger partial charge >= 0.3 is 6.18 Å². The van der Waals surface area contributed by atoms with Gasteiger partial charge in [-0.25, -0.2) is 13.5 Å². The molecule has 4 rings (SSSR count). The molecule has 0 saturated carbocycles. The zero-order valence-electron chi connectivity index (χ0n) is 18.0. The summed E-state index contributed by atoms with van der Waals surface area (Å²) >= 11 is 0. The Morgan fingerprint density at radius 1 is 1.11 bits per heavy atom. The molecule has 2 aromatic carbocycles. The van der Waals surface area contributed by atoms with E-state index in [0.717, 1.165) is 22.9 Å². The molecule has 35 heavy (non-hydrogen) atoms. The number of carbonyl (C=O) groups excluding carboxylic acids is 1. The second-order valence-electron chi connectivity index (χ2n) is 7.54. The molecule has 0 unspecified atom stereocenters. The lowest BCUT2D eigenvalue weighted by Gasteiger charge is -2.10. The number of carbonyl (C=O) groups is 1. The summed E-state index contributed by atoms with van der Waals surface area (Å²) < 4.78 is 74.3. The van der Waals surface area contributed by atoms with Gasteiger partial charge < -0.3 is 15.5 Å². The third-order valence-corrected chi connectivity index (χ3v) is 4.84. The maximum Gasteiger partial charge on any atom is 0.435 e. The first-order valence-corrected chi connectivity index (χ1v) is 10.1. The van der Waals surface area contributed by atoms with Crippen LogP contribution in [0.2, 0.25) is 0 Å². The number of amides is 1. The molecule has 0 radical (unpaired) electrons. The van der Waals surface area contributed by atoms with Crippen molar-refractivity contribution in [2.45, 2.75) is 25.7 Å². The van der Waals surface area contributed by atoms with E-state index in [1.165, 1.54) is 19.1 Å². The number of halogens is 5. The zero-order chi connectivity index (χ0) is 25.3. The van der Waals surface area contributed by atoms with Crippen LogP contribution in [0.3, 0.4) is 0 Å². The number of nitrogens with zero attached hydrogens (tertiary/aromatic N) is 4. The molecular weight excluding hydrogens is 475 g/mol. The van der Waals surface area contributed by atoms with Crippen LogP contribution < -0.4 is 11.1 Å². The first-order chi connectivity index (χ1) is 16.5. The van der Waals surface area contributed by atoms with Crippen LogP contribution in [0.25, 0.3) is 28.7 Å². The highest BCUT2D eigenvalue weighted by Gasteiger charge is 2.36. The van der Waals surface area contributed by atoms with Crippen molar-refractivity contribution in [1.82, 2.24) is 25.3 Å². The van der Waals surface area contributed by atoms with Gasteiger partial charge in [-0.2, -0.15) is 18.3 Å². The highest BCUT2D eigenvalue weighted by molar-refractivity contribution is 5.80. The molecule has 3 N–H and O–H groups in total. The molecule has 182 valence electrons. The van der Waals surface area contributed by atoms with Gasteiger partial charge in [-0.3, -0.25) is 4.79 Å². The van der Waals surface area contributed by atoms with Crippen molar-refractivity contribution < 1.29 is 31.2 Å². The first-order valence-electron chi connectivity index (χ1n) is 10.1. The molecule has 2 aromatic heterocycles. The van der Waals surface area contributed by atoms with E-state index in [-0.39, 0.29) is 23.5 Å². The quantitative estimate of drug-likeness (QED) is 0.396. The lowest BCUT2D eigenvalue weighted by Crippen LogP contribution is -2.37. The summed E-state index contributed by atoms with van der Waals surface area (Å²) in [7, 11) is 0. The van der Waals surface area contributed by atoms with Crippen LogP contribution in [0, 0.1) is 11.6 Å². The average Bonchev–Trinajstić information content (AvgIpc) is 3.46. The molecular formula is C22H17F5N6O2. The van der Waals surface area contributed by atoms with Crippen LogP contribution in [-0.2, 0) is 17.5 Å². The molecule has 0 spiro atoms. The second kappa shape index (κ2) is 9.25. The SMILES string of the molecule is C[C@H](N)C(=O)NCc1cccc(-n2nc(C(F)(F)F)cc2-c2nnc(-c3cc(F)ccc3F)o2)c1. The maximum atomic E-state index is 14.1. The number of alkyl halides is 3. The Hall–Kier alpha value is -4.13. The Labute approximate surface area is 194 Å². The molecule has 4 aromatic rings. The number of rotatable bonds is 6. The van der Waals surface area contributed by atoms with E-state index in [2.05, 4.69) is 20.6 Å². The average molecular weight is 492 g/mol. The smallest absolute Gasteiger partial charge is 0.414 e. The summed E-state index contributed by atoms with van der Waals surface area (Å²) in [4.78, 5) is 11.7. The Kier molecular flexibility index (Phi) is 6.35. The van der Waals surface area contributed by atoms with Gasteiger partial charge in [-0.1, -0.05) is 12.1 Å². The Morgan fingerprint density at radius 3 is 2.57 bits per heavy atom. The van der Waals surface area contributed by atoms with Crippen molar-refractivity contribution in [3.63, 3.8) is 0 Å². The maximum absolute atomic E-state index is 14.1. The van der Waals surface area contributed by atoms with Crippen LogP contribution in [0.4, 0.5) is 22.0 Å². The van der Waals surface area contributed by atoms with Crippen LogP contribution in [0.15, 0.2) is 52.9 Å². The van der Waals surface area contributed by atoms with Crippen molar-refractivity contribution in [2.75, 3.05) is 0 Å². The third kappa shape index (κ3) is 5.19. The van der Waals surface area contributed by atoms with E-state index in [1.807, 2.05) is 0 Å². The molecule has 0 aliphatic heterocycles. The van der Waals surface area contributed by atoms with E-state index in [4.69, 9.17) is 10.2 Å². The summed E-state index contributed by atoms with van der Waals surface area (Å²) in [6.07, 6.45) is -4.79. The van der Waals surface area contributed by atoms with Crippen LogP contribution in [0.1, 0.15) is 18.2 Å². The largest absolute Gasteiger partial charge is 0.435 e. The van der Waals surface area contributed by atoms with Gasteiger partial charge in [0.2, 0.25) is 5.91 Å². The minimum absolute atomic E-state index is 0.0699. The molecule has 0 fully saturated rings. The minimum Gasteiger partial charge on any atom is -0.414 e. The van der Waals surface area contributed by atoms with Gasteiger partial charge in [-0.05, 0) is 42.8 Å². The fourth-order valence-electron chi connectivity index (χ4n) is 3.11. The Balaban J connectivity index is 1.75. The van der Waals surface area contributed by atoms with Crippen LogP contribution >= 0.6 is 0 Å². The van der Waals surface area contributed by atoms with Crippen molar-refractivity contribution >= 4 is 5.91 Å². The van der Waals surface area contributed by atoms with Gasteiger partial charge in [0.1, 0.15) is 17.3 Å². The number of nitrogens with two attached hydrogens (primary N) is 1. The topological polar surface area (TPSA) is 112 Å². The number of nitrogens with one attached hydrogen (secondary N) is 1. The highest BCUT2D eigenvalue weighted by atomic mass is 19.4. The Bertz CT molecular complexity index is 1380. The third-order valence-electron chi connectivity index (χ3n) is 4.84.